The van der Waals surface area contributed by atoms with Crippen LogP contribution in [0, 0.1) is 0 Å². The molecule has 0 aliphatic heterocycles. The van der Waals surface area contributed by atoms with Crippen molar-refractivity contribution in [2.45, 2.75) is 64.6 Å². The molecule has 1 saturated carbocycles. The topological polar surface area (TPSA) is 50.4 Å². The van der Waals surface area contributed by atoms with E-state index < -0.39 is 0 Å². The average Bonchev–Trinajstić information content (AvgIpc) is 2.65. The molecule has 0 spiro atoms. The molecule has 0 saturated heterocycles. The third-order valence-electron chi connectivity index (χ3n) is 2.54. The predicted molar refractivity (Wildman–Crippen MR) is 59.2 cm³/mol. The van der Waals surface area contributed by atoms with E-state index in [4.69, 9.17) is 4.84 Å². The minimum Gasteiger partial charge on any atom is -0.353 e. The van der Waals surface area contributed by atoms with Crippen molar-refractivity contribution >= 4 is 5.91 Å². The summed E-state index contributed by atoms with van der Waals surface area (Å²) in [6, 6.07) is -0.110. The van der Waals surface area contributed by atoms with Crippen LogP contribution in [0.4, 0.5) is 0 Å². The summed E-state index contributed by atoms with van der Waals surface area (Å²) in [4.78, 5) is 17.0. The lowest BCUT2D eigenvalue weighted by Crippen LogP contribution is -2.45. The summed E-state index contributed by atoms with van der Waals surface area (Å²) in [5, 5.41) is 2.84. The second kappa shape index (κ2) is 6.08. The second-order valence-corrected chi connectivity index (χ2v) is 4.53. The lowest BCUT2D eigenvalue weighted by Gasteiger charge is -2.18. The average molecular weight is 214 g/mol. The molecular weight excluding hydrogens is 192 g/mol. The minimum absolute atomic E-state index is 0.0111. The molecule has 0 radical (unpaired) electrons. The maximum atomic E-state index is 11.5. The predicted octanol–water partition coefficient (Wildman–Crippen LogP) is 1.36. The molecule has 15 heavy (non-hydrogen) atoms. The summed E-state index contributed by atoms with van der Waals surface area (Å²) in [6.45, 7) is 5.71. The number of hydroxylamine groups is 1. The zero-order valence-corrected chi connectivity index (χ0v) is 9.88. The van der Waals surface area contributed by atoms with Crippen molar-refractivity contribution in [3.8, 4) is 0 Å². The lowest BCUT2D eigenvalue weighted by molar-refractivity contribution is -0.129. The molecule has 0 aromatic carbocycles. The van der Waals surface area contributed by atoms with Crippen LogP contribution < -0.4 is 10.8 Å². The van der Waals surface area contributed by atoms with E-state index in [2.05, 4.69) is 10.8 Å². The normalized spacial score (nSPS) is 19.5. The molecule has 1 atom stereocenters. The van der Waals surface area contributed by atoms with Gasteiger partial charge in [-0.05, 0) is 33.6 Å². The number of nitrogens with one attached hydrogen (secondary N) is 2. The molecule has 0 heterocycles. The van der Waals surface area contributed by atoms with Crippen LogP contribution in [-0.2, 0) is 9.63 Å². The van der Waals surface area contributed by atoms with E-state index in [0.717, 1.165) is 12.8 Å². The highest BCUT2D eigenvalue weighted by atomic mass is 16.7. The van der Waals surface area contributed by atoms with Crippen molar-refractivity contribution in [3.63, 3.8) is 0 Å². The quantitative estimate of drug-likeness (QED) is 0.679. The van der Waals surface area contributed by atoms with E-state index in [1.54, 1.807) is 0 Å². The van der Waals surface area contributed by atoms with E-state index in [1.807, 2.05) is 20.8 Å². The van der Waals surface area contributed by atoms with Gasteiger partial charge < -0.3 is 5.32 Å². The standard InChI is InChI=1S/C11H22N2O2/c1-8(2)12-11(14)9(3)13-15-10-6-4-5-7-10/h8-10,13H,4-7H2,1-3H3,(H,12,14). The van der Waals surface area contributed by atoms with Crippen molar-refractivity contribution in [3.05, 3.63) is 0 Å². The molecule has 88 valence electrons. The first-order valence-electron chi connectivity index (χ1n) is 5.81. The number of hydrogen-bond acceptors (Lipinski definition) is 3. The van der Waals surface area contributed by atoms with E-state index in [0.29, 0.717) is 6.10 Å². The first kappa shape index (κ1) is 12.5. The summed E-state index contributed by atoms with van der Waals surface area (Å²) in [5.41, 5.74) is 2.82. The highest BCUT2D eigenvalue weighted by Crippen LogP contribution is 2.19. The van der Waals surface area contributed by atoms with Crippen molar-refractivity contribution in [2.75, 3.05) is 0 Å². The van der Waals surface area contributed by atoms with Crippen molar-refractivity contribution in [1.29, 1.82) is 0 Å². The minimum atomic E-state index is -0.284. The third-order valence-corrected chi connectivity index (χ3v) is 2.54. The molecular formula is C11H22N2O2. The Morgan fingerprint density at radius 2 is 1.87 bits per heavy atom. The molecule has 1 fully saturated rings. The van der Waals surface area contributed by atoms with Crippen molar-refractivity contribution in [2.24, 2.45) is 0 Å². The van der Waals surface area contributed by atoms with Crippen LogP contribution in [0.1, 0.15) is 46.5 Å². The van der Waals surface area contributed by atoms with Gasteiger partial charge in [-0.25, -0.2) is 0 Å². The number of rotatable bonds is 5. The molecule has 2 N–H and O–H groups in total. The maximum absolute atomic E-state index is 11.5. The first-order chi connectivity index (χ1) is 7.09. The Balaban J connectivity index is 2.16. The molecule has 1 rings (SSSR count). The monoisotopic (exact) mass is 214 g/mol. The van der Waals surface area contributed by atoms with Crippen LogP contribution >= 0.6 is 0 Å². The van der Waals surface area contributed by atoms with E-state index in [-0.39, 0.29) is 18.0 Å². The van der Waals surface area contributed by atoms with Crippen LogP contribution in [-0.4, -0.2) is 24.1 Å². The summed E-state index contributed by atoms with van der Waals surface area (Å²) < 4.78 is 0. The van der Waals surface area contributed by atoms with Gasteiger partial charge in [-0.2, -0.15) is 5.48 Å². The fourth-order valence-electron chi connectivity index (χ4n) is 1.67. The van der Waals surface area contributed by atoms with Crippen LogP contribution in [0.15, 0.2) is 0 Å². The number of carbonyl (C=O) groups excluding carboxylic acids is 1. The smallest absolute Gasteiger partial charge is 0.239 e. The van der Waals surface area contributed by atoms with Gasteiger partial charge in [-0.15, -0.1) is 0 Å². The van der Waals surface area contributed by atoms with Gasteiger partial charge in [-0.1, -0.05) is 12.8 Å². The van der Waals surface area contributed by atoms with Gasteiger partial charge in [0.1, 0.15) is 6.04 Å². The molecule has 1 unspecified atom stereocenters. The highest BCUT2D eigenvalue weighted by molar-refractivity contribution is 5.81. The molecule has 4 heteroatoms. The number of hydrogen-bond donors (Lipinski definition) is 2. The zero-order chi connectivity index (χ0) is 11.3. The van der Waals surface area contributed by atoms with E-state index in [1.165, 1.54) is 12.8 Å². The van der Waals surface area contributed by atoms with Crippen LogP contribution in [0.2, 0.25) is 0 Å². The Bertz CT molecular complexity index is 201. The largest absolute Gasteiger partial charge is 0.353 e. The Hall–Kier alpha value is -0.610. The van der Waals surface area contributed by atoms with Crippen LogP contribution in [0.5, 0.6) is 0 Å². The molecule has 1 aliphatic carbocycles. The second-order valence-electron chi connectivity index (χ2n) is 4.53. The van der Waals surface area contributed by atoms with E-state index >= 15 is 0 Å². The van der Waals surface area contributed by atoms with Crippen LogP contribution in [0.25, 0.3) is 0 Å². The summed E-state index contributed by atoms with van der Waals surface area (Å²) in [6.07, 6.45) is 4.97. The highest BCUT2D eigenvalue weighted by Gasteiger charge is 2.19. The first-order valence-corrected chi connectivity index (χ1v) is 5.81. The number of amides is 1. The summed E-state index contributed by atoms with van der Waals surface area (Å²) >= 11 is 0. The lowest BCUT2D eigenvalue weighted by atomic mass is 10.3. The summed E-state index contributed by atoms with van der Waals surface area (Å²) in [5.74, 6) is -0.0111. The van der Waals surface area contributed by atoms with Gasteiger partial charge >= 0.3 is 0 Å². The molecule has 0 aromatic rings. The molecule has 4 nitrogen and oxygen atoms in total. The Morgan fingerprint density at radius 3 is 2.40 bits per heavy atom. The van der Waals surface area contributed by atoms with Gasteiger partial charge in [-0.3, -0.25) is 9.63 Å². The van der Waals surface area contributed by atoms with E-state index in [9.17, 15) is 4.79 Å². The Morgan fingerprint density at radius 1 is 1.27 bits per heavy atom. The third kappa shape index (κ3) is 4.62. The molecule has 0 bridgehead atoms. The molecule has 1 amide bonds. The van der Waals surface area contributed by atoms with Gasteiger partial charge in [0.2, 0.25) is 5.91 Å². The fourth-order valence-corrected chi connectivity index (χ4v) is 1.67. The van der Waals surface area contributed by atoms with Gasteiger partial charge in [0.25, 0.3) is 0 Å². The number of carbonyl (C=O) groups is 1. The maximum Gasteiger partial charge on any atom is 0.239 e. The molecule has 0 aromatic heterocycles. The van der Waals surface area contributed by atoms with Gasteiger partial charge in [0, 0.05) is 6.04 Å². The summed E-state index contributed by atoms with van der Waals surface area (Å²) in [7, 11) is 0. The Labute approximate surface area is 91.7 Å². The van der Waals surface area contributed by atoms with Crippen molar-refractivity contribution in [1.82, 2.24) is 10.8 Å². The SMILES string of the molecule is CC(C)NC(=O)C(C)NOC1CCCC1. The zero-order valence-electron chi connectivity index (χ0n) is 9.88. The Kier molecular flexibility index (Phi) is 5.05. The van der Waals surface area contributed by atoms with Gasteiger partial charge in [0.15, 0.2) is 0 Å². The van der Waals surface area contributed by atoms with Gasteiger partial charge in [0.05, 0.1) is 6.10 Å². The van der Waals surface area contributed by atoms with Crippen LogP contribution in [0.3, 0.4) is 0 Å². The fraction of sp³-hybridized carbons (Fsp3) is 0.909. The van der Waals surface area contributed by atoms with Crippen molar-refractivity contribution < 1.29 is 9.63 Å². The molecule has 1 aliphatic rings.